The Balaban J connectivity index is 2.95. The van der Waals surface area contributed by atoms with Crippen molar-refractivity contribution in [3.05, 3.63) is 35.9 Å². The molecule has 0 aliphatic rings. The second kappa shape index (κ2) is 3.67. The molecular weight excluding hydrogens is 152 g/mol. The van der Waals surface area contributed by atoms with Crippen molar-refractivity contribution in [2.24, 2.45) is 11.5 Å². The first-order valence-electron chi connectivity index (χ1n) is 3.82. The van der Waals surface area contributed by atoms with Crippen LogP contribution in [0.3, 0.4) is 0 Å². The fraction of sp³-hybridized carbons (Fsp3) is 0.333. The highest BCUT2D eigenvalue weighted by Gasteiger charge is 2.23. The number of nitrogens with two attached hydrogens (primary N) is 2. The van der Waals surface area contributed by atoms with Crippen molar-refractivity contribution in [2.45, 2.75) is 5.72 Å². The highest BCUT2D eigenvalue weighted by Crippen LogP contribution is 2.16. The van der Waals surface area contributed by atoms with E-state index in [4.69, 9.17) is 16.2 Å². The molecule has 0 spiro atoms. The van der Waals surface area contributed by atoms with Crippen LogP contribution in [0.4, 0.5) is 0 Å². The summed E-state index contributed by atoms with van der Waals surface area (Å²) < 4.78 is 5.13. The zero-order chi connectivity index (χ0) is 9.03. The van der Waals surface area contributed by atoms with Crippen LogP contribution in [0.25, 0.3) is 0 Å². The SMILES string of the molecule is COC(N)(CN)c1ccccc1. The maximum atomic E-state index is 5.87. The molecule has 1 rings (SSSR count). The van der Waals surface area contributed by atoms with E-state index >= 15 is 0 Å². The van der Waals surface area contributed by atoms with Gasteiger partial charge in [0.1, 0.15) is 0 Å². The molecule has 1 aromatic rings. The van der Waals surface area contributed by atoms with Gasteiger partial charge in [-0.15, -0.1) is 0 Å². The Kier molecular flexibility index (Phi) is 2.81. The fourth-order valence-corrected chi connectivity index (χ4v) is 1.04. The van der Waals surface area contributed by atoms with Crippen LogP contribution in [0, 0.1) is 0 Å². The summed E-state index contributed by atoms with van der Waals surface area (Å²) in [5.41, 5.74) is 11.4. The van der Waals surface area contributed by atoms with Gasteiger partial charge in [-0.3, -0.25) is 5.73 Å². The molecule has 0 radical (unpaired) electrons. The van der Waals surface area contributed by atoms with Crippen LogP contribution in [0.15, 0.2) is 30.3 Å². The lowest BCUT2D eigenvalue weighted by Crippen LogP contribution is -2.45. The van der Waals surface area contributed by atoms with E-state index in [1.807, 2.05) is 30.3 Å². The summed E-state index contributed by atoms with van der Waals surface area (Å²) in [7, 11) is 1.56. The number of benzene rings is 1. The summed E-state index contributed by atoms with van der Waals surface area (Å²) in [5, 5.41) is 0. The summed E-state index contributed by atoms with van der Waals surface area (Å²) in [6, 6.07) is 9.54. The molecule has 0 saturated carbocycles. The number of hydrogen-bond acceptors (Lipinski definition) is 3. The number of rotatable bonds is 3. The number of hydrogen-bond donors (Lipinski definition) is 2. The lowest BCUT2D eigenvalue weighted by Gasteiger charge is -2.26. The van der Waals surface area contributed by atoms with E-state index < -0.39 is 5.72 Å². The molecule has 0 saturated heterocycles. The van der Waals surface area contributed by atoms with Crippen LogP contribution in [0.1, 0.15) is 5.56 Å². The van der Waals surface area contributed by atoms with Crippen molar-refractivity contribution in [2.75, 3.05) is 13.7 Å². The smallest absolute Gasteiger partial charge is 0.154 e. The molecule has 12 heavy (non-hydrogen) atoms. The van der Waals surface area contributed by atoms with E-state index in [0.29, 0.717) is 0 Å². The second-order valence-corrected chi connectivity index (χ2v) is 2.66. The van der Waals surface area contributed by atoms with E-state index in [1.165, 1.54) is 0 Å². The van der Waals surface area contributed by atoms with Gasteiger partial charge in [0.2, 0.25) is 0 Å². The molecule has 0 heterocycles. The zero-order valence-corrected chi connectivity index (χ0v) is 7.16. The molecule has 1 aromatic carbocycles. The van der Waals surface area contributed by atoms with Crippen molar-refractivity contribution in [3.63, 3.8) is 0 Å². The molecule has 3 nitrogen and oxygen atoms in total. The normalized spacial score (nSPS) is 15.6. The molecule has 0 aliphatic carbocycles. The predicted octanol–water partition coefficient (Wildman–Crippen LogP) is 0.403. The summed E-state index contributed by atoms with van der Waals surface area (Å²) >= 11 is 0. The molecule has 1 unspecified atom stereocenters. The molecule has 0 amide bonds. The van der Waals surface area contributed by atoms with E-state index in [-0.39, 0.29) is 6.54 Å². The Bertz CT molecular complexity index is 232. The Hall–Kier alpha value is -0.900. The maximum Gasteiger partial charge on any atom is 0.154 e. The maximum absolute atomic E-state index is 5.87. The lowest BCUT2D eigenvalue weighted by atomic mass is 10.0. The summed E-state index contributed by atoms with van der Waals surface area (Å²) in [6.45, 7) is 0.271. The van der Waals surface area contributed by atoms with E-state index in [2.05, 4.69) is 0 Å². The lowest BCUT2D eigenvalue weighted by molar-refractivity contribution is -0.00137. The van der Waals surface area contributed by atoms with Gasteiger partial charge in [-0.25, -0.2) is 0 Å². The minimum atomic E-state index is -0.846. The highest BCUT2D eigenvalue weighted by atomic mass is 16.5. The largest absolute Gasteiger partial charge is 0.358 e. The average molecular weight is 166 g/mol. The van der Waals surface area contributed by atoms with Crippen molar-refractivity contribution in [1.29, 1.82) is 0 Å². The van der Waals surface area contributed by atoms with E-state index in [9.17, 15) is 0 Å². The first-order valence-corrected chi connectivity index (χ1v) is 3.82. The van der Waals surface area contributed by atoms with Crippen molar-refractivity contribution in [3.8, 4) is 0 Å². The Morgan fingerprint density at radius 3 is 2.33 bits per heavy atom. The van der Waals surface area contributed by atoms with Gasteiger partial charge in [-0.1, -0.05) is 30.3 Å². The van der Waals surface area contributed by atoms with Gasteiger partial charge in [0, 0.05) is 13.7 Å². The van der Waals surface area contributed by atoms with Crippen LogP contribution in [-0.2, 0) is 10.5 Å². The van der Waals surface area contributed by atoms with Gasteiger partial charge < -0.3 is 10.5 Å². The summed E-state index contributed by atoms with van der Waals surface area (Å²) in [6.07, 6.45) is 0. The molecule has 4 N–H and O–H groups in total. The Morgan fingerprint density at radius 2 is 1.92 bits per heavy atom. The zero-order valence-electron chi connectivity index (χ0n) is 7.16. The van der Waals surface area contributed by atoms with Gasteiger partial charge in [0.15, 0.2) is 5.72 Å². The topological polar surface area (TPSA) is 61.3 Å². The molecule has 0 fully saturated rings. The van der Waals surface area contributed by atoms with Crippen LogP contribution in [0.2, 0.25) is 0 Å². The highest BCUT2D eigenvalue weighted by molar-refractivity contribution is 5.21. The van der Waals surface area contributed by atoms with Gasteiger partial charge in [0.25, 0.3) is 0 Å². The van der Waals surface area contributed by atoms with Crippen molar-refractivity contribution >= 4 is 0 Å². The first-order chi connectivity index (χ1) is 5.73. The number of ether oxygens (including phenoxy) is 1. The molecule has 1 atom stereocenters. The molecule has 0 aliphatic heterocycles. The Labute approximate surface area is 72.3 Å². The van der Waals surface area contributed by atoms with Crippen LogP contribution < -0.4 is 11.5 Å². The van der Waals surface area contributed by atoms with E-state index in [0.717, 1.165) is 5.56 Å². The molecule has 3 heteroatoms. The van der Waals surface area contributed by atoms with Crippen LogP contribution in [0.5, 0.6) is 0 Å². The van der Waals surface area contributed by atoms with Gasteiger partial charge in [0.05, 0.1) is 0 Å². The average Bonchev–Trinajstić information content (AvgIpc) is 2.18. The third-order valence-corrected chi connectivity index (χ3v) is 1.93. The molecule has 0 aromatic heterocycles. The van der Waals surface area contributed by atoms with Crippen LogP contribution in [-0.4, -0.2) is 13.7 Å². The number of methoxy groups -OCH3 is 1. The Morgan fingerprint density at radius 1 is 1.33 bits per heavy atom. The van der Waals surface area contributed by atoms with Crippen molar-refractivity contribution < 1.29 is 4.74 Å². The molecule has 0 bridgehead atoms. The summed E-state index contributed by atoms with van der Waals surface area (Å²) in [4.78, 5) is 0. The fourth-order valence-electron chi connectivity index (χ4n) is 1.04. The molecule has 66 valence electrons. The molecular formula is C9H14N2O. The summed E-state index contributed by atoms with van der Waals surface area (Å²) in [5.74, 6) is 0. The third kappa shape index (κ3) is 1.64. The standard InChI is InChI=1S/C9H14N2O/c1-12-9(11,7-10)8-5-3-2-4-6-8/h2-6H,7,10-11H2,1H3. The first kappa shape index (κ1) is 9.19. The van der Waals surface area contributed by atoms with Gasteiger partial charge >= 0.3 is 0 Å². The van der Waals surface area contributed by atoms with E-state index in [1.54, 1.807) is 7.11 Å². The second-order valence-electron chi connectivity index (χ2n) is 2.66. The van der Waals surface area contributed by atoms with Crippen LogP contribution >= 0.6 is 0 Å². The third-order valence-electron chi connectivity index (χ3n) is 1.93. The minimum Gasteiger partial charge on any atom is -0.358 e. The van der Waals surface area contributed by atoms with Crippen molar-refractivity contribution in [1.82, 2.24) is 0 Å². The quantitative estimate of drug-likeness (QED) is 0.639. The monoisotopic (exact) mass is 166 g/mol. The predicted molar refractivity (Wildman–Crippen MR) is 48.4 cm³/mol. The minimum absolute atomic E-state index is 0.271. The van der Waals surface area contributed by atoms with Gasteiger partial charge in [-0.2, -0.15) is 0 Å². The van der Waals surface area contributed by atoms with Gasteiger partial charge in [-0.05, 0) is 5.56 Å².